The van der Waals surface area contributed by atoms with Gasteiger partial charge in [0, 0.05) is 6.04 Å². The van der Waals surface area contributed by atoms with Crippen LogP contribution in [0, 0.1) is 0 Å². The van der Waals surface area contributed by atoms with Crippen molar-refractivity contribution in [2.24, 2.45) is 5.14 Å². The minimum Gasteiger partial charge on any atom is -0.314 e. The first kappa shape index (κ1) is 15.1. The standard InChI is InChI=1S/C13H22N2O2S/c1-2-13(11-12-7-4-3-5-8-12)15-9-6-10-18(14,16)17/h3-5,7-8,13,15H,2,6,9-11H2,1H3,(H2,14,16,17). The highest BCUT2D eigenvalue weighted by atomic mass is 32.2. The van der Waals surface area contributed by atoms with E-state index in [4.69, 9.17) is 5.14 Å². The Morgan fingerprint density at radius 2 is 1.94 bits per heavy atom. The number of sulfonamides is 1. The SMILES string of the molecule is CCC(Cc1ccccc1)NCCCS(N)(=O)=O. The molecule has 3 N–H and O–H groups in total. The van der Waals surface area contributed by atoms with Crippen LogP contribution in [-0.4, -0.2) is 26.8 Å². The molecule has 0 aliphatic carbocycles. The molecule has 1 unspecified atom stereocenters. The van der Waals surface area contributed by atoms with Gasteiger partial charge in [-0.05, 0) is 31.4 Å². The van der Waals surface area contributed by atoms with E-state index in [0.717, 1.165) is 12.8 Å². The van der Waals surface area contributed by atoms with Crippen LogP contribution in [0.5, 0.6) is 0 Å². The summed E-state index contributed by atoms with van der Waals surface area (Å²) in [7, 11) is -3.33. The molecule has 0 amide bonds. The molecule has 1 atom stereocenters. The van der Waals surface area contributed by atoms with E-state index >= 15 is 0 Å². The van der Waals surface area contributed by atoms with Crippen LogP contribution >= 0.6 is 0 Å². The summed E-state index contributed by atoms with van der Waals surface area (Å²) >= 11 is 0. The summed E-state index contributed by atoms with van der Waals surface area (Å²) in [6, 6.07) is 10.7. The van der Waals surface area contributed by atoms with Crippen LogP contribution in [0.25, 0.3) is 0 Å². The molecule has 0 aliphatic rings. The molecular formula is C13H22N2O2S. The predicted octanol–water partition coefficient (Wildman–Crippen LogP) is 1.28. The van der Waals surface area contributed by atoms with Crippen LogP contribution in [0.1, 0.15) is 25.3 Å². The highest BCUT2D eigenvalue weighted by molar-refractivity contribution is 7.89. The van der Waals surface area contributed by atoms with Gasteiger partial charge >= 0.3 is 0 Å². The first-order valence-corrected chi connectivity index (χ1v) is 8.00. The predicted molar refractivity (Wildman–Crippen MR) is 74.8 cm³/mol. The van der Waals surface area contributed by atoms with Gasteiger partial charge in [0.05, 0.1) is 5.75 Å². The Bertz CT molecular complexity index is 432. The summed E-state index contributed by atoms with van der Waals surface area (Å²) in [4.78, 5) is 0. The molecule has 102 valence electrons. The lowest BCUT2D eigenvalue weighted by atomic mass is 10.0. The lowest BCUT2D eigenvalue weighted by Gasteiger charge is -2.16. The molecule has 0 bridgehead atoms. The van der Waals surface area contributed by atoms with Gasteiger partial charge in [-0.25, -0.2) is 13.6 Å². The van der Waals surface area contributed by atoms with Gasteiger partial charge in [-0.2, -0.15) is 0 Å². The smallest absolute Gasteiger partial charge is 0.209 e. The third-order valence-electron chi connectivity index (χ3n) is 2.86. The highest BCUT2D eigenvalue weighted by Crippen LogP contribution is 2.05. The van der Waals surface area contributed by atoms with Gasteiger partial charge < -0.3 is 5.32 Å². The fourth-order valence-electron chi connectivity index (χ4n) is 1.84. The van der Waals surface area contributed by atoms with E-state index in [9.17, 15) is 8.42 Å². The molecule has 0 saturated heterocycles. The summed E-state index contributed by atoms with van der Waals surface area (Å²) in [6.45, 7) is 2.81. The minimum atomic E-state index is -3.33. The summed E-state index contributed by atoms with van der Waals surface area (Å²) in [5.74, 6) is 0.0434. The van der Waals surface area contributed by atoms with Crippen LogP contribution in [0.2, 0.25) is 0 Å². The van der Waals surface area contributed by atoms with E-state index in [0.29, 0.717) is 19.0 Å². The van der Waals surface area contributed by atoms with Crippen LogP contribution in [0.4, 0.5) is 0 Å². The number of benzene rings is 1. The lowest BCUT2D eigenvalue weighted by molar-refractivity contribution is 0.493. The van der Waals surface area contributed by atoms with E-state index < -0.39 is 10.0 Å². The number of hydrogen-bond donors (Lipinski definition) is 2. The summed E-state index contributed by atoms with van der Waals surface area (Å²) < 4.78 is 21.6. The van der Waals surface area contributed by atoms with Gasteiger partial charge in [-0.1, -0.05) is 37.3 Å². The van der Waals surface area contributed by atoms with Gasteiger partial charge in [-0.3, -0.25) is 0 Å². The highest BCUT2D eigenvalue weighted by Gasteiger charge is 2.07. The van der Waals surface area contributed by atoms with Crippen molar-refractivity contribution in [1.29, 1.82) is 0 Å². The normalized spacial score (nSPS) is 13.4. The number of nitrogens with one attached hydrogen (secondary N) is 1. The molecule has 18 heavy (non-hydrogen) atoms. The second-order valence-electron chi connectivity index (χ2n) is 4.47. The van der Waals surface area contributed by atoms with Crippen molar-refractivity contribution in [3.63, 3.8) is 0 Å². The summed E-state index contributed by atoms with van der Waals surface area (Å²) in [5, 5.41) is 8.32. The van der Waals surface area contributed by atoms with Crippen molar-refractivity contribution in [2.75, 3.05) is 12.3 Å². The zero-order chi connectivity index (χ0) is 13.4. The fraction of sp³-hybridized carbons (Fsp3) is 0.538. The first-order valence-electron chi connectivity index (χ1n) is 6.29. The molecule has 5 heteroatoms. The molecule has 1 rings (SSSR count). The van der Waals surface area contributed by atoms with Gasteiger partial charge in [0.2, 0.25) is 10.0 Å². The molecule has 0 aromatic heterocycles. The average Bonchev–Trinajstić information content (AvgIpc) is 2.33. The van der Waals surface area contributed by atoms with Gasteiger partial charge in [0.25, 0.3) is 0 Å². The second-order valence-corrected chi connectivity index (χ2v) is 6.20. The van der Waals surface area contributed by atoms with Crippen LogP contribution in [0.3, 0.4) is 0 Å². The fourth-order valence-corrected chi connectivity index (χ4v) is 2.39. The van der Waals surface area contributed by atoms with Crippen LogP contribution in [0.15, 0.2) is 30.3 Å². The first-order chi connectivity index (χ1) is 8.51. The van der Waals surface area contributed by atoms with Crippen molar-refractivity contribution >= 4 is 10.0 Å². The molecule has 1 aromatic rings. The maximum absolute atomic E-state index is 10.8. The number of rotatable bonds is 8. The Hall–Kier alpha value is -0.910. The molecule has 4 nitrogen and oxygen atoms in total. The molecule has 0 saturated carbocycles. The van der Waals surface area contributed by atoms with Crippen LogP contribution in [-0.2, 0) is 16.4 Å². The lowest BCUT2D eigenvalue weighted by Crippen LogP contribution is -2.32. The summed E-state index contributed by atoms with van der Waals surface area (Å²) in [6.07, 6.45) is 2.54. The molecular weight excluding hydrogens is 248 g/mol. The van der Waals surface area contributed by atoms with Crippen molar-refractivity contribution in [1.82, 2.24) is 5.32 Å². The quantitative estimate of drug-likeness (QED) is 0.699. The third kappa shape index (κ3) is 6.74. The topological polar surface area (TPSA) is 72.2 Å². The third-order valence-corrected chi connectivity index (χ3v) is 3.71. The van der Waals surface area contributed by atoms with Gasteiger partial charge in [-0.15, -0.1) is 0 Å². The number of hydrogen-bond acceptors (Lipinski definition) is 3. The molecule has 0 radical (unpaired) electrons. The monoisotopic (exact) mass is 270 g/mol. The molecule has 0 fully saturated rings. The number of nitrogens with two attached hydrogens (primary N) is 1. The number of primary sulfonamides is 1. The second kappa shape index (κ2) is 7.51. The molecule has 0 aliphatic heterocycles. The zero-order valence-electron chi connectivity index (χ0n) is 10.8. The van der Waals surface area contributed by atoms with E-state index in [2.05, 4.69) is 24.4 Å². The van der Waals surface area contributed by atoms with Crippen molar-refractivity contribution in [2.45, 2.75) is 32.2 Å². The molecule has 1 aromatic carbocycles. The molecule has 0 spiro atoms. The van der Waals surface area contributed by atoms with E-state index in [1.807, 2.05) is 18.2 Å². The Kier molecular flexibility index (Phi) is 6.32. The van der Waals surface area contributed by atoms with E-state index in [1.54, 1.807) is 0 Å². The zero-order valence-corrected chi connectivity index (χ0v) is 11.6. The Balaban J connectivity index is 2.30. The average molecular weight is 270 g/mol. The summed E-state index contributed by atoms with van der Waals surface area (Å²) in [5.41, 5.74) is 1.29. The van der Waals surface area contributed by atoms with Gasteiger partial charge in [0.1, 0.15) is 0 Å². The van der Waals surface area contributed by atoms with E-state index in [-0.39, 0.29) is 5.75 Å². The minimum absolute atomic E-state index is 0.0434. The van der Waals surface area contributed by atoms with E-state index in [1.165, 1.54) is 5.56 Å². The van der Waals surface area contributed by atoms with Crippen LogP contribution < -0.4 is 10.5 Å². The molecule has 0 heterocycles. The Morgan fingerprint density at radius 3 is 2.50 bits per heavy atom. The van der Waals surface area contributed by atoms with Crippen molar-refractivity contribution in [3.8, 4) is 0 Å². The van der Waals surface area contributed by atoms with Crippen molar-refractivity contribution in [3.05, 3.63) is 35.9 Å². The Labute approximate surface area is 110 Å². The largest absolute Gasteiger partial charge is 0.314 e. The van der Waals surface area contributed by atoms with Gasteiger partial charge in [0.15, 0.2) is 0 Å². The maximum atomic E-state index is 10.8. The Morgan fingerprint density at radius 1 is 1.28 bits per heavy atom. The van der Waals surface area contributed by atoms with Crippen molar-refractivity contribution < 1.29 is 8.42 Å². The maximum Gasteiger partial charge on any atom is 0.209 e.